The van der Waals surface area contributed by atoms with E-state index in [-0.39, 0.29) is 6.04 Å². The number of aliphatic hydroxyl groups is 1. The molecule has 28 heavy (non-hydrogen) atoms. The molecule has 0 heterocycles. The maximum atomic E-state index is 9.91. The topological polar surface area (TPSA) is 86.6 Å². The van der Waals surface area contributed by atoms with Crippen molar-refractivity contribution in [3.63, 3.8) is 0 Å². The molecule has 0 radical (unpaired) electrons. The number of hydrogen-bond acceptors (Lipinski definition) is 6. The van der Waals surface area contributed by atoms with E-state index in [0.717, 1.165) is 11.4 Å². The van der Waals surface area contributed by atoms with Gasteiger partial charge >= 0.3 is 0 Å². The van der Waals surface area contributed by atoms with Crippen LogP contribution in [0, 0.1) is 0 Å². The fourth-order valence-electron chi connectivity index (χ4n) is 2.72. The monoisotopic (exact) mass is 395 g/mol. The van der Waals surface area contributed by atoms with Crippen molar-refractivity contribution in [3.8, 4) is 0 Å². The molecule has 3 N–H and O–H groups in total. The maximum absolute atomic E-state index is 9.91. The fourth-order valence-corrected chi connectivity index (χ4v) is 2.72. The number of nitrogens with zero attached hydrogens (tertiary/aromatic N) is 2. The molecule has 0 saturated heterocycles. The van der Waals surface area contributed by atoms with Crippen LogP contribution in [0.15, 0.2) is 40.6 Å². The second kappa shape index (κ2) is 12.7. The zero-order chi connectivity index (χ0) is 21.0. The summed E-state index contributed by atoms with van der Waals surface area (Å²) < 4.78 is 11.5. The molecule has 1 atom stereocenters. The van der Waals surface area contributed by atoms with Gasteiger partial charge in [0.15, 0.2) is 0 Å². The van der Waals surface area contributed by atoms with Crippen molar-refractivity contribution in [1.82, 2.24) is 10.4 Å². The van der Waals surface area contributed by atoms with Crippen LogP contribution in [0.5, 0.6) is 0 Å². The van der Waals surface area contributed by atoms with Crippen molar-refractivity contribution in [2.75, 3.05) is 40.0 Å². The van der Waals surface area contributed by atoms with Gasteiger partial charge in [-0.3, -0.25) is 4.99 Å². The molecule has 0 saturated carbocycles. The Hall–Kier alpha value is -1.67. The second-order valence-electron chi connectivity index (χ2n) is 7.35. The van der Waals surface area contributed by atoms with Crippen LogP contribution in [0.4, 0.5) is 0 Å². The van der Waals surface area contributed by atoms with E-state index in [2.05, 4.69) is 15.4 Å². The van der Waals surface area contributed by atoms with E-state index >= 15 is 0 Å². The van der Waals surface area contributed by atoms with Crippen LogP contribution in [0.25, 0.3) is 0 Å². The number of nitrogens with one attached hydrogen (secondary N) is 1. The van der Waals surface area contributed by atoms with E-state index in [4.69, 9.17) is 9.47 Å². The van der Waals surface area contributed by atoms with Crippen LogP contribution in [0.2, 0.25) is 0 Å². The lowest BCUT2D eigenvalue weighted by molar-refractivity contribution is 0.0443. The summed E-state index contributed by atoms with van der Waals surface area (Å²) >= 11 is 0. The molecule has 0 amide bonds. The van der Waals surface area contributed by atoms with Crippen LogP contribution in [-0.2, 0) is 9.47 Å². The van der Waals surface area contributed by atoms with Gasteiger partial charge in [-0.15, -0.1) is 0 Å². The molecule has 0 aliphatic heterocycles. The lowest BCUT2D eigenvalue weighted by atomic mass is 10.0. The van der Waals surface area contributed by atoms with Crippen LogP contribution in [0.3, 0.4) is 0 Å². The average Bonchev–Trinajstić information content (AvgIpc) is 2.83. The van der Waals surface area contributed by atoms with E-state index in [1.807, 2.05) is 45.2 Å². The first-order valence-electron chi connectivity index (χ1n) is 9.97. The van der Waals surface area contributed by atoms with E-state index in [9.17, 15) is 10.3 Å². The number of aliphatic imine (C=N–C) groups is 1. The molecule has 0 aromatic carbocycles. The summed E-state index contributed by atoms with van der Waals surface area (Å²) in [4.78, 5) is 6.60. The number of likely N-dealkylation sites (N-methyl/N-ethyl adjacent to an activating group) is 1. The first-order valence-corrected chi connectivity index (χ1v) is 9.97. The van der Waals surface area contributed by atoms with Gasteiger partial charge in [-0.05, 0) is 45.8 Å². The van der Waals surface area contributed by atoms with E-state index in [1.54, 1.807) is 13.8 Å². The van der Waals surface area contributed by atoms with E-state index in [1.165, 1.54) is 0 Å². The number of hydrogen-bond donors (Lipinski definition) is 3. The lowest BCUT2D eigenvalue weighted by Crippen LogP contribution is -2.34. The molecule has 7 nitrogen and oxygen atoms in total. The van der Waals surface area contributed by atoms with E-state index in [0.29, 0.717) is 51.5 Å². The van der Waals surface area contributed by atoms with Crippen LogP contribution >= 0.6 is 0 Å². The number of ether oxygens (including phenoxy) is 2. The van der Waals surface area contributed by atoms with Gasteiger partial charge in [0.25, 0.3) is 0 Å². The van der Waals surface area contributed by atoms with Gasteiger partial charge in [0.1, 0.15) is 18.2 Å². The normalized spacial score (nSPS) is 17.8. The van der Waals surface area contributed by atoms with Crippen molar-refractivity contribution >= 4 is 5.84 Å². The SMILES string of the molecule is CC/N=C(/COCC)N(C)CCC1=C(OCCC(C)(C)O)C=CC=CC1NO. The maximum Gasteiger partial charge on any atom is 0.125 e. The number of amidine groups is 1. The van der Waals surface area contributed by atoms with Gasteiger partial charge in [0.2, 0.25) is 0 Å². The summed E-state index contributed by atoms with van der Waals surface area (Å²) in [6, 6.07) is -0.334. The Labute approximate surface area is 169 Å². The first-order chi connectivity index (χ1) is 13.3. The Kier molecular flexibility index (Phi) is 11.1. The third-order valence-electron chi connectivity index (χ3n) is 4.40. The molecule has 1 rings (SSSR count). The van der Waals surface area contributed by atoms with E-state index < -0.39 is 5.60 Å². The summed E-state index contributed by atoms with van der Waals surface area (Å²) in [5.74, 6) is 1.62. The average molecular weight is 396 g/mol. The highest BCUT2D eigenvalue weighted by Gasteiger charge is 2.20. The fraction of sp³-hybridized carbons (Fsp3) is 0.667. The van der Waals surface area contributed by atoms with Crippen molar-refractivity contribution in [2.45, 2.75) is 52.2 Å². The van der Waals surface area contributed by atoms with Crippen molar-refractivity contribution in [3.05, 3.63) is 35.6 Å². The standard InChI is InChI=1S/C21H37N3O4/c1-6-22-20(16-27-7-2)24(5)14-12-17-18(23-26)10-8-9-11-19(17)28-15-13-21(3,4)25/h8-11,18,23,25-26H,6-7,12-16H2,1-5H3/b22-20-. The highest BCUT2D eigenvalue weighted by atomic mass is 16.5. The molecule has 160 valence electrons. The van der Waals surface area contributed by atoms with Gasteiger partial charge < -0.3 is 24.7 Å². The highest BCUT2D eigenvalue weighted by Crippen LogP contribution is 2.21. The number of allylic oxidation sites excluding steroid dienone is 3. The molecule has 1 aliphatic rings. The molecular weight excluding hydrogens is 358 g/mol. The summed E-state index contributed by atoms with van der Waals surface area (Å²) in [5, 5.41) is 19.5. The Balaban J connectivity index is 2.89. The Bertz CT molecular complexity index is 577. The van der Waals surface area contributed by atoms with Crippen LogP contribution < -0.4 is 5.48 Å². The molecule has 0 spiro atoms. The predicted octanol–water partition coefficient (Wildman–Crippen LogP) is 2.67. The first kappa shape index (κ1) is 24.4. The zero-order valence-electron chi connectivity index (χ0n) is 17.9. The number of hydroxylamine groups is 1. The van der Waals surface area contributed by atoms with Gasteiger partial charge in [0.05, 0.1) is 18.2 Å². The van der Waals surface area contributed by atoms with Crippen LogP contribution in [-0.4, -0.2) is 72.7 Å². The largest absolute Gasteiger partial charge is 0.493 e. The predicted molar refractivity (Wildman–Crippen MR) is 113 cm³/mol. The van der Waals surface area contributed by atoms with Gasteiger partial charge in [-0.2, -0.15) is 5.48 Å². The smallest absolute Gasteiger partial charge is 0.125 e. The lowest BCUT2D eigenvalue weighted by Gasteiger charge is -2.25. The quantitative estimate of drug-likeness (QED) is 0.268. The van der Waals surface area contributed by atoms with Gasteiger partial charge in [0, 0.05) is 33.2 Å². The molecule has 1 unspecified atom stereocenters. The summed E-state index contributed by atoms with van der Waals surface area (Å²) in [6.07, 6.45) is 8.75. The second-order valence-corrected chi connectivity index (χ2v) is 7.35. The number of rotatable bonds is 12. The summed E-state index contributed by atoms with van der Waals surface area (Å²) in [6.45, 7) is 10.4. The summed E-state index contributed by atoms with van der Waals surface area (Å²) in [5.41, 5.74) is 2.52. The van der Waals surface area contributed by atoms with Crippen molar-refractivity contribution in [2.24, 2.45) is 4.99 Å². The molecule has 0 aromatic rings. The Morgan fingerprint density at radius 1 is 1.32 bits per heavy atom. The third-order valence-corrected chi connectivity index (χ3v) is 4.40. The molecular formula is C21H37N3O4. The molecule has 1 aliphatic carbocycles. The molecule has 7 heteroatoms. The van der Waals surface area contributed by atoms with Crippen molar-refractivity contribution in [1.29, 1.82) is 0 Å². The zero-order valence-corrected chi connectivity index (χ0v) is 17.9. The third kappa shape index (κ3) is 9.01. The van der Waals surface area contributed by atoms with Gasteiger partial charge in [-0.1, -0.05) is 18.2 Å². The highest BCUT2D eigenvalue weighted by molar-refractivity contribution is 5.83. The minimum atomic E-state index is -0.785. The molecule has 0 bridgehead atoms. The minimum absolute atomic E-state index is 0.334. The molecule has 0 fully saturated rings. The molecule has 0 aromatic heterocycles. The Morgan fingerprint density at radius 3 is 2.68 bits per heavy atom. The summed E-state index contributed by atoms with van der Waals surface area (Å²) in [7, 11) is 1.99. The van der Waals surface area contributed by atoms with Gasteiger partial charge in [-0.25, -0.2) is 0 Å². The Morgan fingerprint density at radius 2 is 2.07 bits per heavy atom. The van der Waals surface area contributed by atoms with Crippen LogP contribution in [0.1, 0.15) is 40.5 Å². The minimum Gasteiger partial charge on any atom is -0.493 e. The van der Waals surface area contributed by atoms with Crippen molar-refractivity contribution < 1.29 is 19.8 Å².